The van der Waals surface area contributed by atoms with Gasteiger partial charge in [-0.3, -0.25) is 9.59 Å². The first-order chi connectivity index (χ1) is 13.6. The van der Waals surface area contributed by atoms with Gasteiger partial charge in [0.05, 0.1) is 12.3 Å². The molecular weight excluding hydrogens is 422 g/mol. The van der Waals surface area contributed by atoms with Crippen LogP contribution in [0.1, 0.15) is 24.8 Å². The Balaban J connectivity index is 1.30. The minimum atomic E-state index is -0.652. The Kier molecular flexibility index (Phi) is 5.62. The van der Waals surface area contributed by atoms with E-state index in [1.165, 1.54) is 12.8 Å². The number of amides is 2. The minimum absolute atomic E-state index is 0.161. The SMILES string of the molecule is O=C(NCc1ccc(OCC2CC2)nc1)C1CCN(c2ccccc2Br)C1=O. The Bertz CT molecular complexity index is 867. The number of hydrogen-bond donors (Lipinski definition) is 1. The summed E-state index contributed by atoms with van der Waals surface area (Å²) < 4.78 is 6.46. The van der Waals surface area contributed by atoms with E-state index >= 15 is 0 Å². The quantitative estimate of drug-likeness (QED) is 0.666. The van der Waals surface area contributed by atoms with Crippen LogP contribution in [-0.2, 0) is 16.1 Å². The van der Waals surface area contributed by atoms with Crippen molar-refractivity contribution in [2.45, 2.75) is 25.8 Å². The molecule has 1 aliphatic carbocycles. The highest BCUT2D eigenvalue weighted by atomic mass is 79.9. The average molecular weight is 444 g/mol. The molecule has 0 bridgehead atoms. The Labute approximate surface area is 172 Å². The fourth-order valence-corrected chi connectivity index (χ4v) is 3.73. The maximum Gasteiger partial charge on any atom is 0.239 e. The number of ether oxygens (including phenoxy) is 1. The first-order valence-corrected chi connectivity index (χ1v) is 10.3. The molecule has 2 heterocycles. The zero-order valence-corrected chi connectivity index (χ0v) is 17.0. The van der Waals surface area contributed by atoms with Gasteiger partial charge in [0.25, 0.3) is 0 Å². The molecule has 0 radical (unpaired) electrons. The van der Waals surface area contributed by atoms with Crippen LogP contribution < -0.4 is 15.0 Å². The lowest BCUT2D eigenvalue weighted by atomic mass is 10.1. The Morgan fingerprint density at radius 2 is 2.04 bits per heavy atom. The molecule has 6 nitrogen and oxygen atoms in total. The van der Waals surface area contributed by atoms with Crippen molar-refractivity contribution in [1.29, 1.82) is 0 Å². The van der Waals surface area contributed by atoms with E-state index in [0.717, 1.165) is 22.3 Å². The second-order valence-corrected chi connectivity index (χ2v) is 8.11. The highest BCUT2D eigenvalue weighted by Crippen LogP contribution is 2.31. The Morgan fingerprint density at radius 1 is 1.21 bits per heavy atom. The predicted molar refractivity (Wildman–Crippen MR) is 109 cm³/mol. The number of para-hydroxylation sites is 1. The highest BCUT2D eigenvalue weighted by Gasteiger charge is 2.38. The third kappa shape index (κ3) is 4.35. The summed E-state index contributed by atoms with van der Waals surface area (Å²) >= 11 is 3.47. The van der Waals surface area contributed by atoms with Crippen molar-refractivity contribution in [1.82, 2.24) is 10.3 Å². The molecule has 1 saturated heterocycles. The second kappa shape index (κ2) is 8.31. The molecule has 1 aromatic heterocycles. The van der Waals surface area contributed by atoms with Gasteiger partial charge in [-0.15, -0.1) is 0 Å². The van der Waals surface area contributed by atoms with Crippen LogP contribution in [-0.4, -0.2) is 29.9 Å². The van der Waals surface area contributed by atoms with Crippen molar-refractivity contribution >= 4 is 33.4 Å². The molecule has 1 atom stereocenters. The van der Waals surface area contributed by atoms with Crippen molar-refractivity contribution in [3.63, 3.8) is 0 Å². The molecule has 1 unspecified atom stereocenters. The minimum Gasteiger partial charge on any atom is -0.477 e. The van der Waals surface area contributed by atoms with E-state index in [9.17, 15) is 9.59 Å². The van der Waals surface area contributed by atoms with Crippen LogP contribution in [0.2, 0.25) is 0 Å². The van der Waals surface area contributed by atoms with Gasteiger partial charge in [0.15, 0.2) is 0 Å². The number of carbonyl (C=O) groups excluding carboxylic acids is 2. The number of nitrogens with zero attached hydrogens (tertiary/aromatic N) is 2. The van der Waals surface area contributed by atoms with Gasteiger partial charge in [0, 0.05) is 29.8 Å². The summed E-state index contributed by atoms with van der Waals surface area (Å²) in [5, 5.41) is 2.86. The molecule has 146 valence electrons. The molecule has 7 heteroatoms. The molecule has 28 heavy (non-hydrogen) atoms. The monoisotopic (exact) mass is 443 g/mol. The second-order valence-electron chi connectivity index (χ2n) is 7.26. The number of rotatable bonds is 7. The lowest BCUT2D eigenvalue weighted by molar-refractivity contribution is -0.132. The van der Waals surface area contributed by atoms with Crippen LogP contribution >= 0.6 is 15.9 Å². The molecule has 2 fully saturated rings. The van der Waals surface area contributed by atoms with Gasteiger partial charge < -0.3 is 15.0 Å². The maximum atomic E-state index is 12.7. The van der Waals surface area contributed by atoms with Crippen LogP contribution in [0, 0.1) is 11.8 Å². The van der Waals surface area contributed by atoms with Gasteiger partial charge in [0.2, 0.25) is 17.7 Å². The van der Waals surface area contributed by atoms with Gasteiger partial charge in [-0.05, 0) is 58.8 Å². The summed E-state index contributed by atoms with van der Waals surface area (Å²) in [5.41, 5.74) is 1.68. The van der Waals surface area contributed by atoms with Crippen molar-refractivity contribution in [3.8, 4) is 5.88 Å². The van der Waals surface area contributed by atoms with Gasteiger partial charge in [-0.25, -0.2) is 4.98 Å². The molecule has 2 aliphatic rings. The lowest BCUT2D eigenvalue weighted by Gasteiger charge is -2.18. The predicted octanol–water partition coefficient (Wildman–Crippen LogP) is 3.30. The highest BCUT2D eigenvalue weighted by molar-refractivity contribution is 9.10. The van der Waals surface area contributed by atoms with Crippen LogP contribution in [0.15, 0.2) is 47.1 Å². The number of pyridine rings is 1. The zero-order chi connectivity index (χ0) is 19.5. The number of benzene rings is 1. The number of carbonyl (C=O) groups is 2. The first kappa shape index (κ1) is 18.9. The van der Waals surface area contributed by atoms with Crippen molar-refractivity contribution < 1.29 is 14.3 Å². The molecule has 2 aromatic rings. The van der Waals surface area contributed by atoms with Crippen molar-refractivity contribution in [2.24, 2.45) is 11.8 Å². The molecule has 1 N–H and O–H groups in total. The standard InChI is InChI=1S/C21H22BrN3O3/c22-17-3-1-2-4-18(17)25-10-9-16(21(25)27)20(26)24-12-15-7-8-19(23-11-15)28-13-14-5-6-14/h1-4,7-8,11,14,16H,5-6,9-10,12-13H2,(H,24,26). The first-order valence-electron chi connectivity index (χ1n) is 9.53. The fraction of sp³-hybridized carbons (Fsp3) is 0.381. The molecule has 4 rings (SSSR count). The molecule has 1 saturated carbocycles. The Morgan fingerprint density at radius 3 is 2.75 bits per heavy atom. The van der Waals surface area contributed by atoms with Gasteiger partial charge in [-0.2, -0.15) is 0 Å². The van der Waals surface area contributed by atoms with E-state index < -0.39 is 5.92 Å². The third-order valence-corrected chi connectivity index (χ3v) is 5.76. The molecule has 2 amide bonds. The van der Waals surface area contributed by atoms with E-state index in [1.807, 2.05) is 36.4 Å². The molecule has 0 spiro atoms. The number of nitrogens with one attached hydrogen (secondary N) is 1. The number of hydrogen-bond acceptors (Lipinski definition) is 4. The maximum absolute atomic E-state index is 12.7. The summed E-state index contributed by atoms with van der Waals surface area (Å²) in [6.07, 6.45) is 4.69. The van der Waals surface area contributed by atoms with Crippen molar-refractivity contribution in [2.75, 3.05) is 18.1 Å². The largest absolute Gasteiger partial charge is 0.477 e. The fourth-order valence-electron chi connectivity index (χ4n) is 3.23. The molecule has 1 aliphatic heterocycles. The topological polar surface area (TPSA) is 71.5 Å². The van der Waals surface area contributed by atoms with E-state index in [1.54, 1.807) is 11.1 Å². The van der Waals surface area contributed by atoms with Crippen molar-refractivity contribution in [3.05, 3.63) is 52.6 Å². The summed E-state index contributed by atoms with van der Waals surface area (Å²) in [5.74, 6) is 0.235. The van der Waals surface area contributed by atoms with Crippen LogP contribution in [0.25, 0.3) is 0 Å². The summed E-state index contributed by atoms with van der Waals surface area (Å²) in [6.45, 7) is 1.60. The summed E-state index contributed by atoms with van der Waals surface area (Å²) in [6, 6.07) is 11.3. The third-order valence-electron chi connectivity index (χ3n) is 5.09. The average Bonchev–Trinajstić information content (AvgIpc) is 3.47. The Hall–Kier alpha value is -2.41. The van der Waals surface area contributed by atoms with Crippen LogP contribution in [0.5, 0.6) is 5.88 Å². The van der Waals surface area contributed by atoms with E-state index in [4.69, 9.17) is 4.74 Å². The van der Waals surface area contributed by atoms with Gasteiger partial charge in [-0.1, -0.05) is 18.2 Å². The number of aromatic nitrogens is 1. The smallest absolute Gasteiger partial charge is 0.239 e. The zero-order valence-electron chi connectivity index (χ0n) is 15.4. The molecule has 1 aromatic carbocycles. The summed E-state index contributed by atoms with van der Waals surface area (Å²) in [7, 11) is 0. The molecular formula is C21H22BrN3O3. The van der Waals surface area contributed by atoms with Gasteiger partial charge in [0.1, 0.15) is 5.92 Å². The lowest BCUT2D eigenvalue weighted by Crippen LogP contribution is -2.36. The van der Waals surface area contributed by atoms with E-state index in [-0.39, 0.29) is 11.8 Å². The van der Waals surface area contributed by atoms with E-state index in [0.29, 0.717) is 31.3 Å². The van der Waals surface area contributed by atoms with Crippen LogP contribution in [0.3, 0.4) is 0 Å². The number of halogens is 1. The summed E-state index contributed by atoms with van der Waals surface area (Å²) in [4.78, 5) is 31.2. The van der Waals surface area contributed by atoms with E-state index in [2.05, 4.69) is 26.2 Å². The number of anilines is 1. The van der Waals surface area contributed by atoms with Crippen LogP contribution in [0.4, 0.5) is 5.69 Å². The normalized spacial score (nSPS) is 19.0. The van der Waals surface area contributed by atoms with Gasteiger partial charge >= 0.3 is 0 Å².